The SMILES string of the molecule is C=C1/C(=C/C=C2\CCC[C@]3(C)[C@@H]([C@H](C)/C=C/C(C)C(C)C)CC[C@@H]23)C[C@@H](O)C[C@@H]1O. The van der Waals surface area contributed by atoms with Crippen LogP contribution in [0.3, 0.4) is 0 Å². The van der Waals surface area contributed by atoms with Gasteiger partial charge in [0, 0.05) is 6.42 Å². The quantitative estimate of drug-likeness (QED) is 0.499. The maximum atomic E-state index is 10.1. The fourth-order valence-corrected chi connectivity index (χ4v) is 6.32. The molecule has 168 valence electrons. The van der Waals surface area contributed by atoms with E-state index in [1.807, 2.05) is 0 Å². The van der Waals surface area contributed by atoms with E-state index in [1.165, 1.54) is 32.1 Å². The Hall–Kier alpha value is -1.12. The Morgan fingerprint density at radius 3 is 2.50 bits per heavy atom. The Labute approximate surface area is 184 Å². The molecule has 0 aromatic rings. The zero-order valence-corrected chi connectivity index (χ0v) is 19.9. The van der Waals surface area contributed by atoms with Crippen molar-refractivity contribution in [1.29, 1.82) is 0 Å². The molecule has 3 aliphatic carbocycles. The first-order valence-electron chi connectivity index (χ1n) is 12.3. The van der Waals surface area contributed by atoms with E-state index in [0.29, 0.717) is 41.9 Å². The zero-order chi connectivity index (χ0) is 22.1. The number of hydrogen-bond acceptors (Lipinski definition) is 2. The van der Waals surface area contributed by atoms with Crippen LogP contribution in [-0.2, 0) is 0 Å². The molecule has 3 aliphatic rings. The molecule has 0 radical (unpaired) electrons. The first-order chi connectivity index (χ1) is 14.1. The highest BCUT2D eigenvalue weighted by Gasteiger charge is 2.50. The molecule has 3 fully saturated rings. The Kier molecular flexibility index (Phi) is 7.51. The van der Waals surface area contributed by atoms with Crippen molar-refractivity contribution in [2.45, 2.75) is 91.8 Å². The van der Waals surface area contributed by atoms with Crippen LogP contribution in [-0.4, -0.2) is 22.4 Å². The number of allylic oxidation sites excluding steroid dienone is 5. The van der Waals surface area contributed by atoms with Gasteiger partial charge >= 0.3 is 0 Å². The molecule has 7 atom stereocenters. The molecule has 0 aliphatic heterocycles. The highest BCUT2D eigenvalue weighted by molar-refractivity contribution is 5.38. The van der Waals surface area contributed by atoms with E-state index in [4.69, 9.17) is 0 Å². The first-order valence-corrected chi connectivity index (χ1v) is 12.3. The van der Waals surface area contributed by atoms with Gasteiger partial charge in [-0.05, 0) is 84.7 Å². The topological polar surface area (TPSA) is 40.5 Å². The van der Waals surface area contributed by atoms with Crippen molar-refractivity contribution >= 4 is 0 Å². The molecule has 2 N–H and O–H groups in total. The number of hydrogen-bond donors (Lipinski definition) is 2. The fourth-order valence-electron chi connectivity index (χ4n) is 6.32. The monoisotopic (exact) mass is 412 g/mol. The van der Waals surface area contributed by atoms with Gasteiger partial charge in [-0.25, -0.2) is 0 Å². The molecule has 0 amide bonds. The summed E-state index contributed by atoms with van der Waals surface area (Å²) >= 11 is 0. The number of fused-ring (bicyclic) bond motifs is 1. The van der Waals surface area contributed by atoms with Crippen molar-refractivity contribution in [3.05, 3.63) is 47.6 Å². The van der Waals surface area contributed by atoms with Crippen molar-refractivity contribution in [3.8, 4) is 0 Å². The van der Waals surface area contributed by atoms with Crippen LogP contribution in [0.1, 0.15) is 79.6 Å². The van der Waals surface area contributed by atoms with Crippen LogP contribution < -0.4 is 0 Å². The van der Waals surface area contributed by atoms with E-state index in [9.17, 15) is 10.2 Å². The van der Waals surface area contributed by atoms with E-state index in [0.717, 1.165) is 17.1 Å². The summed E-state index contributed by atoms with van der Waals surface area (Å²) in [6, 6.07) is 0. The smallest absolute Gasteiger partial charge is 0.0811 e. The molecule has 30 heavy (non-hydrogen) atoms. The summed E-state index contributed by atoms with van der Waals surface area (Å²) in [6.07, 6.45) is 15.8. The summed E-state index contributed by atoms with van der Waals surface area (Å²) in [4.78, 5) is 0. The Morgan fingerprint density at radius 2 is 1.80 bits per heavy atom. The minimum Gasteiger partial charge on any atom is -0.393 e. The van der Waals surface area contributed by atoms with Gasteiger partial charge in [-0.1, -0.05) is 71.1 Å². The third kappa shape index (κ3) is 4.86. The van der Waals surface area contributed by atoms with E-state index in [1.54, 1.807) is 5.57 Å². The number of rotatable bonds is 5. The number of aliphatic hydroxyl groups excluding tert-OH is 2. The summed E-state index contributed by atoms with van der Waals surface area (Å²) in [7, 11) is 0. The Bertz CT molecular complexity index is 712. The van der Waals surface area contributed by atoms with Crippen molar-refractivity contribution < 1.29 is 10.2 Å². The summed E-state index contributed by atoms with van der Waals surface area (Å²) in [5.74, 6) is 3.38. The van der Waals surface area contributed by atoms with Gasteiger partial charge in [0.15, 0.2) is 0 Å². The molecule has 2 heteroatoms. The molecular weight excluding hydrogens is 368 g/mol. The Morgan fingerprint density at radius 1 is 1.07 bits per heavy atom. The Balaban J connectivity index is 1.76. The fraction of sp³-hybridized carbons (Fsp3) is 0.714. The maximum absolute atomic E-state index is 10.1. The minimum absolute atomic E-state index is 0.385. The standard InChI is InChI=1S/C28H44O2/c1-18(2)19(3)9-10-20(4)25-13-14-26-22(8-7-15-28(25,26)6)11-12-23-16-24(29)17-27(30)21(23)5/h9-12,18-20,24-27,29-30H,5,7-8,13-17H2,1-4,6H3/b10-9+,22-11+,23-12+/t19?,20-,24-,25-,26+,27+,28-/m1/s1. The lowest BCUT2D eigenvalue weighted by atomic mass is 9.61. The van der Waals surface area contributed by atoms with E-state index in [2.05, 4.69) is 65.5 Å². The van der Waals surface area contributed by atoms with Crippen LogP contribution in [0.2, 0.25) is 0 Å². The van der Waals surface area contributed by atoms with Crippen LogP contribution in [0.5, 0.6) is 0 Å². The highest BCUT2D eigenvalue weighted by Crippen LogP contribution is 2.59. The molecule has 0 spiro atoms. The molecule has 1 unspecified atom stereocenters. The summed E-state index contributed by atoms with van der Waals surface area (Å²) in [5.41, 5.74) is 3.77. The van der Waals surface area contributed by atoms with Gasteiger partial charge in [0.25, 0.3) is 0 Å². The van der Waals surface area contributed by atoms with Crippen LogP contribution in [0.4, 0.5) is 0 Å². The van der Waals surface area contributed by atoms with Gasteiger partial charge in [-0.15, -0.1) is 0 Å². The number of aliphatic hydroxyl groups is 2. The normalized spacial score (nSPS) is 39.8. The summed E-state index contributed by atoms with van der Waals surface area (Å²) in [5, 5.41) is 20.2. The average molecular weight is 413 g/mol. The largest absolute Gasteiger partial charge is 0.393 e. The van der Waals surface area contributed by atoms with E-state index in [-0.39, 0.29) is 0 Å². The van der Waals surface area contributed by atoms with Gasteiger partial charge in [0.2, 0.25) is 0 Å². The first kappa shape index (κ1) is 23.5. The highest BCUT2D eigenvalue weighted by atomic mass is 16.3. The van der Waals surface area contributed by atoms with Crippen molar-refractivity contribution in [2.75, 3.05) is 0 Å². The summed E-state index contributed by atoms with van der Waals surface area (Å²) in [6.45, 7) is 16.0. The second-order valence-corrected chi connectivity index (χ2v) is 11.0. The lowest BCUT2D eigenvalue weighted by Crippen LogP contribution is -2.35. The second kappa shape index (κ2) is 9.57. The molecular formula is C28H44O2. The minimum atomic E-state index is -0.605. The van der Waals surface area contributed by atoms with Gasteiger partial charge in [-0.3, -0.25) is 0 Å². The molecule has 3 rings (SSSR count). The second-order valence-electron chi connectivity index (χ2n) is 11.0. The van der Waals surface area contributed by atoms with Crippen molar-refractivity contribution in [2.24, 2.45) is 35.0 Å². The van der Waals surface area contributed by atoms with Gasteiger partial charge in [0.1, 0.15) is 0 Å². The summed E-state index contributed by atoms with van der Waals surface area (Å²) < 4.78 is 0. The molecule has 3 saturated carbocycles. The van der Waals surface area contributed by atoms with E-state index >= 15 is 0 Å². The molecule has 2 nitrogen and oxygen atoms in total. The van der Waals surface area contributed by atoms with Crippen LogP contribution in [0.25, 0.3) is 0 Å². The van der Waals surface area contributed by atoms with Gasteiger partial charge < -0.3 is 10.2 Å². The van der Waals surface area contributed by atoms with Crippen molar-refractivity contribution in [3.63, 3.8) is 0 Å². The maximum Gasteiger partial charge on any atom is 0.0811 e. The van der Waals surface area contributed by atoms with E-state index < -0.39 is 12.2 Å². The lowest BCUT2D eigenvalue weighted by Gasteiger charge is -2.44. The lowest BCUT2D eigenvalue weighted by molar-refractivity contribution is 0.0862. The predicted molar refractivity (Wildman–Crippen MR) is 127 cm³/mol. The van der Waals surface area contributed by atoms with Gasteiger partial charge in [0.05, 0.1) is 12.2 Å². The van der Waals surface area contributed by atoms with Crippen LogP contribution in [0.15, 0.2) is 47.6 Å². The van der Waals surface area contributed by atoms with Crippen LogP contribution in [0, 0.1) is 35.0 Å². The average Bonchev–Trinajstić information content (AvgIpc) is 3.04. The molecule has 0 aromatic carbocycles. The third-order valence-electron chi connectivity index (χ3n) is 8.71. The molecule has 0 saturated heterocycles. The zero-order valence-electron chi connectivity index (χ0n) is 19.9. The molecule has 0 heterocycles. The van der Waals surface area contributed by atoms with Crippen LogP contribution >= 0.6 is 0 Å². The molecule has 0 aromatic heterocycles. The van der Waals surface area contributed by atoms with Gasteiger partial charge in [-0.2, -0.15) is 0 Å². The van der Waals surface area contributed by atoms with Crippen molar-refractivity contribution in [1.82, 2.24) is 0 Å². The molecule has 0 bridgehead atoms. The third-order valence-corrected chi connectivity index (χ3v) is 8.71. The predicted octanol–water partition coefficient (Wildman–Crippen LogP) is 6.61.